The van der Waals surface area contributed by atoms with Crippen molar-refractivity contribution in [1.82, 2.24) is 5.32 Å². The maximum atomic E-state index is 11.2. The first-order valence-electron chi connectivity index (χ1n) is 6.79. The lowest BCUT2D eigenvalue weighted by Crippen LogP contribution is -2.51. The van der Waals surface area contributed by atoms with Crippen LogP contribution in [0, 0.1) is 5.41 Å². The lowest BCUT2D eigenvalue weighted by molar-refractivity contribution is 0.176. The molecule has 0 spiro atoms. The van der Waals surface area contributed by atoms with E-state index in [9.17, 15) is 8.42 Å². The van der Waals surface area contributed by atoms with Crippen LogP contribution in [-0.4, -0.2) is 44.0 Å². The SMILES string of the molecule is CCNC1C(SCCS(C)(=O)=O)CCCC1(C)C. The van der Waals surface area contributed by atoms with Gasteiger partial charge < -0.3 is 5.32 Å². The minimum absolute atomic E-state index is 0.299. The molecular formula is C13H27NO2S2. The molecule has 1 fully saturated rings. The van der Waals surface area contributed by atoms with E-state index in [1.807, 2.05) is 11.8 Å². The summed E-state index contributed by atoms with van der Waals surface area (Å²) in [5, 5.41) is 4.15. The van der Waals surface area contributed by atoms with Crippen LogP contribution in [0.15, 0.2) is 0 Å². The normalized spacial score (nSPS) is 28.2. The molecule has 2 unspecified atom stereocenters. The molecular weight excluding hydrogens is 266 g/mol. The topological polar surface area (TPSA) is 46.2 Å². The molecule has 108 valence electrons. The zero-order valence-electron chi connectivity index (χ0n) is 12.0. The minimum Gasteiger partial charge on any atom is -0.313 e. The van der Waals surface area contributed by atoms with Crippen molar-refractivity contribution in [2.75, 3.05) is 24.3 Å². The average Bonchev–Trinajstić information content (AvgIpc) is 2.20. The molecule has 0 saturated heterocycles. The number of nitrogens with one attached hydrogen (secondary N) is 1. The van der Waals surface area contributed by atoms with Gasteiger partial charge in [-0.15, -0.1) is 0 Å². The Morgan fingerprint density at radius 3 is 2.61 bits per heavy atom. The van der Waals surface area contributed by atoms with Crippen molar-refractivity contribution in [3.8, 4) is 0 Å². The molecule has 1 saturated carbocycles. The van der Waals surface area contributed by atoms with E-state index in [1.165, 1.54) is 25.5 Å². The Morgan fingerprint density at radius 2 is 2.06 bits per heavy atom. The van der Waals surface area contributed by atoms with Gasteiger partial charge in [-0.05, 0) is 24.8 Å². The fraction of sp³-hybridized carbons (Fsp3) is 1.00. The Kier molecular flexibility index (Phi) is 6.00. The Hall–Kier alpha value is 0.260. The van der Waals surface area contributed by atoms with Gasteiger partial charge in [0.2, 0.25) is 0 Å². The van der Waals surface area contributed by atoms with Gasteiger partial charge in [0.25, 0.3) is 0 Å². The summed E-state index contributed by atoms with van der Waals surface area (Å²) < 4.78 is 22.4. The number of hydrogen-bond acceptors (Lipinski definition) is 4. The van der Waals surface area contributed by atoms with Crippen molar-refractivity contribution in [3.05, 3.63) is 0 Å². The van der Waals surface area contributed by atoms with Gasteiger partial charge in [-0.2, -0.15) is 11.8 Å². The van der Waals surface area contributed by atoms with Crippen molar-refractivity contribution < 1.29 is 8.42 Å². The summed E-state index contributed by atoms with van der Waals surface area (Å²) >= 11 is 1.83. The smallest absolute Gasteiger partial charge is 0.148 e. The highest BCUT2D eigenvalue weighted by atomic mass is 32.2. The zero-order valence-corrected chi connectivity index (χ0v) is 13.7. The Labute approximate surface area is 116 Å². The predicted molar refractivity (Wildman–Crippen MR) is 81.1 cm³/mol. The van der Waals surface area contributed by atoms with E-state index >= 15 is 0 Å². The first-order valence-corrected chi connectivity index (χ1v) is 9.90. The van der Waals surface area contributed by atoms with E-state index in [1.54, 1.807) is 0 Å². The van der Waals surface area contributed by atoms with Crippen LogP contribution in [0.5, 0.6) is 0 Å². The highest BCUT2D eigenvalue weighted by Crippen LogP contribution is 2.40. The van der Waals surface area contributed by atoms with Gasteiger partial charge in [0.05, 0.1) is 5.75 Å². The van der Waals surface area contributed by atoms with Crippen LogP contribution >= 0.6 is 11.8 Å². The molecule has 0 amide bonds. The molecule has 0 aromatic carbocycles. The summed E-state index contributed by atoms with van der Waals surface area (Å²) in [6.07, 6.45) is 5.04. The second kappa shape index (κ2) is 6.62. The van der Waals surface area contributed by atoms with Crippen molar-refractivity contribution in [2.45, 2.75) is 51.3 Å². The molecule has 0 heterocycles. The number of hydrogen-bond donors (Lipinski definition) is 1. The monoisotopic (exact) mass is 293 g/mol. The predicted octanol–water partition coefficient (Wildman–Crippen LogP) is 2.32. The van der Waals surface area contributed by atoms with Crippen molar-refractivity contribution in [1.29, 1.82) is 0 Å². The molecule has 1 aliphatic rings. The summed E-state index contributed by atoms with van der Waals surface area (Å²) in [7, 11) is -2.82. The molecule has 3 nitrogen and oxygen atoms in total. The molecule has 1 rings (SSSR count). The molecule has 2 atom stereocenters. The van der Waals surface area contributed by atoms with Gasteiger partial charge in [-0.3, -0.25) is 0 Å². The van der Waals surface area contributed by atoms with E-state index in [0.717, 1.165) is 12.3 Å². The Balaban J connectivity index is 2.56. The maximum Gasteiger partial charge on any atom is 0.148 e. The molecule has 0 radical (unpaired) electrons. The maximum absolute atomic E-state index is 11.2. The first-order chi connectivity index (χ1) is 8.26. The van der Waals surface area contributed by atoms with Gasteiger partial charge in [-0.25, -0.2) is 8.42 Å². The summed E-state index contributed by atoms with van der Waals surface area (Å²) in [5.74, 6) is 1.02. The zero-order chi connectivity index (χ0) is 13.8. The number of thioether (sulfide) groups is 1. The van der Waals surface area contributed by atoms with Crippen molar-refractivity contribution in [3.63, 3.8) is 0 Å². The molecule has 0 aliphatic heterocycles. The van der Waals surface area contributed by atoms with Gasteiger partial charge in [0.15, 0.2) is 0 Å². The van der Waals surface area contributed by atoms with E-state index < -0.39 is 9.84 Å². The van der Waals surface area contributed by atoms with Gasteiger partial charge in [-0.1, -0.05) is 27.2 Å². The van der Waals surface area contributed by atoms with Crippen LogP contribution < -0.4 is 5.32 Å². The standard InChI is InChI=1S/C13H27NO2S2/c1-5-14-12-11(7-6-8-13(12,2)3)17-9-10-18(4,15)16/h11-12,14H,5-10H2,1-4H3. The highest BCUT2D eigenvalue weighted by molar-refractivity contribution is 8.01. The van der Waals surface area contributed by atoms with Gasteiger partial charge >= 0.3 is 0 Å². The van der Waals surface area contributed by atoms with E-state index in [4.69, 9.17) is 0 Å². The Bertz CT molecular complexity index is 352. The van der Waals surface area contributed by atoms with Gasteiger partial charge in [0, 0.05) is 23.3 Å². The van der Waals surface area contributed by atoms with Crippen LogP contribution in [0.4, 0.5) is 0 Å². The minimum atomic E-state index is -2.82. The van der Waals surface area contributed by atoms with Crippen molar-refractivity contribution >= 4 is 21.6 Å². The third-order valence-electron chi connectivity index (χ3n) is 3.73. The molecule has 1 aliphatic carbocycles. The summed E-state index contributed by atoms with van der Waals surface area (Å²) in [5.41, 5.74) is 0.316. The second-order valence-corrected chi connectivity index (χ2v) is 9.56. The third-order valence-corrected chi connectivity index (χ3v) is 6.31. The van der Waals surface area contributed by atoms with E-state index in [0.29, 0.717) is 22.5 Å². The molecule has 1 N–H and O–H groups in total. The fourth-order valence-electron chi connectivity index (χ4n) is 2.74. The lowest BCUT2D eigenvalue weighted by atomic mass is 9.73. The van der Waals surface area contributed by atoms with Crippen LogP contribution in [0.2, 0.25) is 0 Å². The van der Waals surface area contributed by atoms with Crippen LogP contribution in [0.3, 0.4) is 0 Å². The van der Waals surface area contributed by atoms with Gasteiger partial charge in [0.1, 0.15) is 9.84 Å². The van der Waals surface area contributed by atoms with Crippen LogP contribution in [0.25, 0.3) is 0 Å². The highest BCUT2D eigenvalue weighted by Gasteiger charge is 2.38. The summed E-state index contributed by atoms with van der Waals surface area (Å²) in [6, 6.07) is 0.501. The first kappa shape index (κ1) is 16.3. The largest absolute Gasteiger partial charge is 0.313 e. The average molecular weight is 293 g/mol. The molecule has 5 heteroatoms. The summed E-state index contributed by atoms with van der Waals surface area (Å²) in [4.78, 5) is 0. The lowest BCUT2D eigenvalue weighted by Gasteiger charge is -2.44. The number of sulfone groups is 1. The quantitative estimate of drug-likeness (QED) is 0.816. The molecule has 0 aromatic rings. The Morgan fingerprint density at radius 1 is 1.39 bits per heavy atom. The molecule has 0 bridgehead atoms. The summed E-state index contributed by atoms with van der Waals surface area (Å²) in [6.45, 7) is 7.77. The van der Waals surface area contributed by atoms with Crippen LogP contribution in [-0.2, 0) is 9.84 Å². The fourth-order valence-corrected chi connectivity index (χ4v) is 5.63. The van der Waals surface area contributed by atoms with Crippen LogP contribution in [0.1, 0.15) is 40.0 Å². The van der Waals surface area contributed by atoms with E-state index in [2.05, 4.69) is 26.1 Å². The molecule has 0 aromatic heterocycles. The van der Waals surface area contributed by atoms with E-state index in [-0.39, 0.29) is 0 Å². The third kappa shape index (κ3) is 5.10. The molecule has 18 heavy (non-hydrogen) atoms. The second-order valence-electron chi connectivity index (χ2n) is 5.96. The number of rotatable bonds is 6. The van der Waals surface area contributed by atoms with Crippen molar-refractivity contribution in [2.24, 2.45) is 5.41 Å².